The Hall–Kier alpha value is -1.62. The zero-order chi connectivity index (χ0) is 19.1. The minimum atomic E-state index is -1.85. The van der Waals surface area contributed by atoms with Crippen molar-refractivity contribution in [2.75, 3.05) is 25.1 Å². The van der Waals surface area contributed by atoms with Crippen LogP contribution in [0.25, 0.3) is 0 Å². The molecule has 0 spiro atoms. The Morgan fingerprint density at radius 3 is 2.64 bits per heavy atom. The first-order valence-corrected chi connectivity index (χ1v) is 11.4. The van der Waals surface area contributed by atoms with Crippen LogP contribution in [0.5, 0.6) is 0 Å². The van der Waals surface area contributed by atoms with Crippen LogP contribution in [0.15, 0.2) is 6.33 Å². The van der Waals surface area contributed by atoms with Gasteiger partial charge in [0.1, 0.15) is 29.4 Å². The first-order valence-electron chi connectivity index (χ1n) is 8.11. The number of esters is 1. The van der Waals surface area contributed by atoms with Crippen LogP contribution in [-0.4, -0.2) is 44.0 Å². The van der Waals surface area contributed by atoms with Crippen molar-refractivity contribution >= 4 is 31.7 Å². The zero-order valence-corrected chi connectivity index (χ0v) is 17.5. The average Bonchev–Trinajstić information content (AvgIpc) is 2.50. The normalized spacial score (nSPS) is 11.5. The highest BCUT2D eigenvalue weighted by molar-refractivity contribution is 6.74. The van der Waals surface area contributed by atoms with Crippen LogP contribution in [0, 0.1) is 11.8 Å². The fourth-order valence-electron chi connectivity index (χ4n) is 1.53. The van der Waals surface area contributed by atoms with Crippen molar-refractivity contribution in [3.63, 3.8) is 0 Å². The van der Waals surface area contributed by atoms with Gasteiger partial charge >= 0.3 is 5.97 Å². The highest BCUT2D eigenvalue weighted by Gasteiger charge is 2.36. The van der Waals surface area contributed by atoms with Crippen LogP contribution in [0.3, 0.4) is 0 Å². The van der Waals surface area contributed by atoms with Crippen molar-refractivity contribution in [3.05, 3.63) is 17.0 Å². The monoisotopic (exact) mass is 383 g/mol. The lowest BCUT2D eigenvalue weighted by atomic mass is 10.2. The molecular weight excluding hydrogens is 358 g/mol. The molecule has 0 radical (unpaired) electrons. The smallest absolute Gasteiger partial charge is 0.325 e. The summed E-state index contributed by atoms with van der Waals surface area (Å²) in [4.78, 5) is 19.5. The van der Waals surface area contributed by atoms with Crippen molar-refractivity contribution in [2.45, 2.75) is 45.8 Å². The summed E-state index contributed by atoms with van der Waals surface area (Å²) in [7, 11) is -1.85. The van der Waals surface area contributed by atoms with Crippen LogP contribution in [0.1, 0.15) is 33.3 Å². The third-order valence-electron chi connectivity index (χ3n) is 4.03. The lowest BCUT2D eigenvalue weighted by Gasteiger charge is -2.35. The summed E-state index contributed by atoms with van der Waals surface area (Å²) >= 11 is 6.11. The highest BCUT2D eigenvalue weighted by atomic mass is 35.5. The minimum Gasteiger partial charge on any atom is -0.465 e. The van der Waals surface area contributed by atoms with E-state index in [0.29, 0.717) is 24.6 Å². The number of hydrogen-bond donors (Lipinski definition) is 1. The van der Waals surface area contributed by atoms with E-state index in [2.05, 4.69) is 61.0 Å². The van der Waals surface area contributed by atoms with Crippen molar-refractivity contribution < 1.29 is 14.0 Å². The van der Waals surface area contributed by atoms with Crippen LogP contribution in [0.2, 0.25) is 23.3 Å². The van der Waals surface area contributed by atoms with Gasteiger partial charge in [-0.25, -0.2) is 9.97 Å². The SMILES string of the molecule is CCOC(=O)CNc1ncnc(Cl)c1C#CCO[Si](C)(C)C(C)(C)C. The molecule has 1 rings (SSSR count). The second kappa shape index (κ2) is 9.18. The van der Waals surface area contributed by atoms with Gasteiger partial charge in [-0.3, -0.25) is 4.79 Å². The van der Waals surface area contributed by atoms with E-state index in [1.165, 1.54) is 6.33 Å². The van der Waals surface area contributed by atoms with E-state index in [4.69, 9.17) is 20.8 Å². The Balaban J connectivity index is 2.81. The first kappa shape index (κ1) is 21.4. The predicted octanol–water partition coefficient (Wildman–Crippen LogP) is 3.48. The third-order valence-corrected chi connectivity index (χ3v) is 8.80. The Labute approximate surface area is 155 Å². The molecule has 8 heteroatoms. The van der Waals surface area contributed by atoms with E-state index in [1.807, 2.05) is 0 Å². The molecule has 0 amide bonds. The summed E-state index contributed by atoms with van der Waals surface area (Å²) in [6, 6.07) is 0. The Kier molecular flexibility index (Phi) is 7.86. The second-order valence-electron chi connectivity index (χ2n) is 6.90. The molecule has 0 unspecified atom stereocenters. The standard InChI is InChI=1S/C17H26ClN3O3Si/c1-7-23-14(22)11-19-16-13(15(18)20-12-21-16)9-8-10-24-25(5,6)17(2,3)4/h12H,7,10-11H2,1-6H3,(H,19,20,21). The Morgan fingerprint density at radius 2 is 2.04 bits per heavy atom. The van der Waals surface area contributed by atoms with Gasteiger partial charge < -0.3 is 14.5 Å². The lowest BCUT2D eigenvalue weighted by molar-refractivity contribution is -0.140. The van der Waals surface area contributed by atoms with Crippen LogP contribution in [-0.2, 0) is 14.0 Å². The largest absolute Gasteiger partial charge is 0.465 e. The molecule has 0 fully saturated rings. The third kappa shape index (κ3) is 6.65. The van der Waals surface area contributed by atoms with Gasteiger partial charge in [0.2, 0.25) is 0 Å². The molecule has 6 nitrogen and oxygen atoms in total. The van der Waals surface area contributed by atoms with Crippen molar-refractivity contribution in [1.29, 1.82) is 0 Å². The summed E-state index contributed by atoms with van der Waals surface area (Å²) in [6.45, 7) is 13.2. The number of ether oxygens (including phenoxy) is 1. The molecule has 0 saturated heterocycles. The number of nitrogens with one attached hydrogen (secondary N) is 1. The molecule has 1 heterocycles. The number of aromatic nitrogens is 2. The number of rotatable bonds is 6. The quantitative estimate of drug-likeness (QED) is 0.351. The number of carbonyl (C=O) groups excluding carboxylic acids is 1. The average molecular weight is 384 g/mol. The number of hydrogen-bond acceptors (Lipinski definition) is 6. The molecule has 0 atom stereocenters. The van der Waals surface area contributed by atoms with Gasteiger partial charge in [-0.15, -0.1) is 0 Å². The summed E-state index contributed by atoms with van der Waals surface area (Å²) in [5, 5.41) is 3.22. The number of carbonyl (C=O) groups is 1. The Morgan fingerprint density at radius 1 is 1.36 bits per heavy atom. The van der Waals surface area contributed by atoms with Crippen LogP contribution in [0.4, 0.5) is 5.82 Å². The molecule has 0 aliphatic carbocycles. The molecule has 0 bridgehead atoms. The van der Waals surface area contributed by atoms with Gasteiger partial charge in [0, 0.05) is 0 Å². The Bertz CT molecular complexity index is 663. The molecule has 138 valence electrons. The summed E-state index contributed by atoms with van der Waals surface area (Å²) in [5.41, 5.74) is 0.437. The highest BCUT2D eigenvalue weighted by Crippen LogP contribution is 2.36. The molecule has 0 aliphatic heterocycles. The van der Waals surface area contributed by atoms with E-state index in [-0.39, 0.29) is 22.7 Å². The maximum atomic E-state index is 11.5. The maximum Gasteiger partial charge on any atom is 0.325 e. The van der Waals surface area contributed by atoms with E-state index >= 15 is 0 Å². The zero-order valence-electron chi connectivity index (χ0n) is 15.7. The first-order chi connectivity index (χ1) is 11.6. The number of halogens is 1. The molecule has 1 N–H and O–H groups in total. The van der Waals surface area contributed by atoms with Gasteiger partial charge in [0.05, 0.1) is 13.2 Å². The number of nitrogens with zero attached hydrogens (tertiary/aromatic N) is 2. The van der Waals surface area contributed by atoms with Crippen molar-refractivity contribution in [2.24, 2.45) is 0 Å². The molecule has 0 aromatic carbocycles. The predicted molar refractivity (Wildman–Crippen MR) is 102 cm³/mol. The van der Waals surface area contributed by atoms with Gasteiger partial charge in [0.25, 0.3) is 0 Å². The fraction of sp³-hybridized carbons (Fsp3) is 0.588. The molecule has 1 aromatic rings. The molecule has 0 saturated carbocycles. The number of anilines is 1. The lowest BCUT2D eigenvalue weighted by Crippen LogP contribution is -2.40. The summed E-state index contributed by atoms with van der Waals surface area (Å²) < 4.78 is 10.9. The molecule has 1 aromatic heterocycles. The van der Waals surface area contributed by atoms with E-state index in [0.717, 1.165) is 0 Å². The van der Waals surface area contributed by atoms with Crippen LogP contribution >= 0.6 is 11.6 Å². The maximum absolute atomic E-state index is 11.5. The van der Waals surface area contributed by atoms with Gasteiger partial charge in [0.15, 0.2) is 8.32 Å². The fourth-order valence-corrected chi connectivity index (χ4v) is 2.58. The molecular formula is C17H26ClN3O3Si. The van der Waals surface area contributed by atoms with Crippen molar-refractivity contribution in [3.8, 4) is 11.8 Å². The second-order valence-corrected chi connectivity index (χ2v) is 12.1. The van der Waals surface area contributed by atoms with E-state index in [1.54, 1.807) is 6.92 Å². The topological polar surface area (TPSA) is 73.3 Å². The van der Waals surface area contributed by atoms with Gasteiger partial charge in [-0.2, -0.15) is 0 Å². The van der Waals surface area contributed by atoms with E-state index in [9.17, 15) is 4.79 Å². The van der Waals surface area contributed by atoms with Crippen molar-refractivity contribution in [1.82, 2.24) is 9.97 Å². The van der Waals surface area contributed by atoms with Gasteiger partial charge in [-0.1, -0.05) is 44.2 Å². The van der Waals surface area contributed by atoms with E-state index < -0.39 is 8.32 Å². The summed E-state index contributed by atoms with van der Waals surface area (Å²) in [6.07, 6.45) is 1.31. The van der Waals surface area contributed by atoms with Gasteiger partial charge in [-0.05, 0) is 25.1 Å². The van der Waals surface area contributed by atoms with Crippen LogP contribution < -0.4 is 5.32 Å². The molecule has 0 aliphatic rings. The molecule has 25 heavy (non-hydrogen) atoms. The minimum absolute atomic E-state index is 0.0175. The summed E-state index contributed by atoms with van der Waals surface area (Å²) in [5.74, 6) is 5.92.